The zero-order valence-corrected chi connectivity index (χ0v) is 15.6. The Morgan fingerprint density at radius 1 is 0.929 bits per heavy atom. The third-order valence-corrected chi connectivity index (χ3v) is 1.29. The maximum absolute atomic E-state index is 10.3. The van der Waals surface area contributed by atoms with Crippen LogP contribution in [-0.2, 0) is 14.4 Å². The van der Waals surface area contributed by atoms with Crippen LogP contribution in [0.5, 0.6) is 0 Å². The van der Waals surface area contributed by atoms with Gasteiger partial charge in [0.25, 0.3) is 0 Å². The number of carboxylic acids is 3. The molecular weight excluding hydrogens is 407 g/mol. The minimum atomic E-state index is -2.74. The van der Waals surface area contributed by atoms with E-state index in [4.69, 9.17) is 20.4 Å². The van der Waals surface area contributed by atoms with Crippen LogP contribution in [0.3, 0.4) is 0 Å². The van der Waals surface area contributed by atoms with Crippen molar-refractivity contribution in [2.45, 2.75) is 18.4 Å². The van der Waals surface area contributed by atoms with E-state index in [9.17, 15) is 14.4 Å². The second-order valence-electron chi connectivity index (χ2n) is 2.48. The third kappa shape index (κ3) is 5.65. The van der Waals surface area contributed by atoms with Gasteiger partial charge in [-0.25, -0.2) is 4.79 Å². The van der Waals surface area contributed by atoms with Crippen LogP contribution in [0.1, 0.15) is 12.8 Å². The van der Waals surface area contributed by atoms with Gasteiger partial charge in [0.05, 0.1) is 12.8 Å². The Hall–Kier alpha value is -0.0326. The number of aliphatic carboxylic acids is 3. The number of carboxylic acid groups (broad SMARTS) is 3. The molecule has 0 aliphatic rings. The minimum absolute atomic E-state index is 0. The van der Waals surface area contributed by atoms with Crippen molar-refractivity contribution in [3.05, 3.63) is 0 Å². The molecule has 75 valence electrons. The Morgan fingerprint density at radius 3 is 1.36 bits per heavy atom. The van der Waals surface area contributed by atoms with E-state index < -0.39 is 36.4 Å². The quantitative estimate of drug-likeness (QED) is 0.441. The summed E-state index contributed by atoms with van der Waals surface area (Å²) in [6.07, 6.45) is -2.29. The van der Waals surface area contributed by atoms with Gasteiger partial charge >= 0.3 is 17.9 Å². The molecule has 0 saturated heterocycles. The predicted octanol–water partition coefficient (Wildman–Crippen LogP) is -1.25. The minimum Gasteiger partial charge on any atom is -0.481 e. The molecule has 0 heterocycles. The Bertz CT molecular complexity index is 233. The summed E-state index contributed by atoms with van der Waals surface area (Å²) in [6, 6.07) is 0. The van der Waals surface area contributed by atoms with E-state index in [0.717, 1.165) is 0 Å². The molecule has 1 radical (unpaired) electrons. The van der Waals surface area contributed by atoms with Gasteiger partial charge in [-0.3, -0.25) is 9.59 Å². The van der Waals surface area contributed by atoms with Crippen molar-refractivity contribution < 1.29 is 84.7 Å². The molecule has 0 unspecified atom stereocenters. The molecule has 0 aromatic heterocycles. The normalized spacial score (nSPS) is 10.1. The van der Waals surface area contributed by atoms with Crippen LogP contribution in [0.2, 0.25) is 0 Å². The van der Waals surface area contributed by atoms with Crippen LogP contribution in [0.25, 0.3) is 0 Å². The molecule has 0 saturated carbocycles. The van der Waals surface area contributed by atoms with E-state index in [1.54, 1.807) is 0 Å². The first-order valence-electron chi connectivity index (χ1n) is 3.17. The van der Waals surface area contributed by atoms with Crippen LogP contribution < -0.4 is 0 Å². The summed E-state index contributed by atoms with van der Waals surface area (Å²) in [5, 5.41) is 33.8. The molecule has 4 N–H and O–H groups in total. The molecule has 0 atom stereocenters. The fourth-order valence-corrected chi connectivity index (χ4v) is 0.714. The molecule has 0 bridgehead atoms. The van der Waals surface area contributed by atoms with Gasteiger partial charge in [-0.1, -0.05) is 0 Å². The first kappa shape index (κ1) is 16.4. The van der Waals surface area contributed by atoms with Crippen LogP contribution in [0, 0.1) is 49.9 Å². The second-order valence-corrected chi connectivity index (χ2v) is 2.48. The summed E-state index contributed by atoms with van der Waals surface area (Å²) in [6.45, 7) is 0. The molecular formula is C6H8FrO7. The van der Waals surface area contributed by atoms with E-state index in [2.05, 4.69) is 0 Å². The molecule has 0 aliphatic carbocycles. The first-order chi connectivity index (χ1) is 5.78. The van der Waals surface area contributed by atoms with Crippen LogP contribution in [0.15, 0.2) is 0 Å². The van der Waals surface area contributed by atoms with E-state index in [0.29, 0.717) is 0 Å². The summed E-state index contributed by atoms with van der Waals surface area (Å²) in [7, 11) is 0. The number of aliphatic hydroxyl groups is 1. The zero-order valence-electron chi connectivity index (χ0n) is 7.43. The van der Waals surface area contributed by atoms with Gasteiger partial charge in [-0.05, 0) is 0 Å². The van der Waals surface area contributed by atoms with Crippen LogP contribution >= 0.6 is 0 Å². The summed E-state index contributed by atoms with van der Waals surface area (Å²) in [5.41, 5.74) is -2.74. The second kappa shape index (κ2) is 6.45. The molecule has 0 spiro atoms. The van der Waals surface area contributed by atoms with E-state index in [1.165, 1.54) is 0 Å². The van der Waals surface area contributed by atoms with Gasteiger partial charge in [0.1, 0.15) is 0 Å². The first-order valence-corrected chi connectivity index (χ1v) is 3.17. The van der Waals surface area contributed by atoms with Gasteiger partial charge in [-0.2, -0.15) is 0 Å². The number of rotatable bonds is 5. The molecule has 0 rings (SSSR count). The molecule has 0 aromatic rings. The van der Waals surface area contributed by atoms with Crippen molar-refractivity contribution in [3.8, 4) is 0 Å². The topological polar surface area (TPSA) is 132 Å². The van der Waals surface area contributed by atoms with Crippen molar-refractivity contribution in [2.24, 2.45) is 0 Å². The molecule has 0 amide bonds. The maximum Gasteiger partial charge on any atom is 0.336 e. The van der Waals surface area contributed by atoms with Gasteiger partial charge in [0, 0.05) is 49.9 Å². The standard InChI is InChI=1S/C6H8O7.Fr/c7-3(8)1-6(13,5(11)12)2-4(9)10;/h13H,1-2H2,(H,7,8)(H,9,10)(H,11,12);. The van der Waals surface area contributed by atoms with E-state index >= 15 is 0 Å². The van der Waals surface area contributed by atoms with Gasteiger partial charge in [-0.15, -0.1) is 0 Å². The van der Waals surface area contributed by atoms with Gasteiger partial charge in [0.15, 0.2) is 5.60 Å². The van der Waals surface area contributed by atoms with Gasteiger partial charge in [0.2, 0.25) is 0 Å². The van der Waals surface area contributed by atoms with Crippen molar-refractivity contribution in [1.82, 2.24) is 0 Å². The number of hydrogen-bond donors (Lipinski definition) is 4. The fourth-order valence-electron chi connectivity index (χ4n) is 0.714. The average Bonchev–Trinajstić information content (AvgIpc) is 1.82. The molecule has 0 fully saturated rings. The number of hydrogen-bond acceptors (Lipinski definition) is 4. The summed E-state index contributed by atoms with van der Waals surface area (Å²) >= 11 is 0. The third-order valence-electron chi connectivity index (χ3n) is 1.29. The van der Waals surface area contributed by atoms with Crippen molar-refractivity contribution >= 4 is 17.9 Å². The van der Waals surface area contributed by atoms with Crippen molar-refractivity contribution in [2.75, 3.05) is 0 Å². The SMILES string of the molecule is O=C(O)CC(O)(CC(=O)O)C(=O)O.[Fr]. The summed E-state index contributed by atoms with van der Waals surface area (Å²) in [4.78, 5) is 30.5. The molecule has 7 nitrogen and oxygen atoms in total. The zero-order chi connectivity index (χ0) is 10.6. The number of carbonyl (C=O) groups is 3. The Labute approximate surface area is 120 Å². The average molecular weight is 415 g/mol. The largest absolute Gasteiger partial charge is 0.481 e. The Morgan fingerprint density at radius 2 is 1.21 bits per heavy atom. The van der Waals surface area contributed by atoms with Crippen LogP contribution in [-0.4, -0.2) is 43.9 Å². The van der Waals surface area contributed by atoms with Crippen molar-refractivity contribution in [1.29, 1.82) is 0 Å². The van der Waals surface area contributed by atoms with Crippen LogP contribution in [0.4, 0.5) is 0 Å². The summed E-state index contributed by atoms with van der Waals surface area (Å²) in [5.74, 6) is -5.02. The molecule has 14 heavy (non-hydrogen) atoms. The van der Waals surface area contributed by atoms with Crippen molar-refractivity contribution in [3.63, 3.8) is 0 Å². The smallest absolute Gasteiger partial charge is 0.336 e. The molecule has 0 aromatic carbocycles. The molecule has 0 aliphatic heterocycles. The van der Waals surface area contributed by atoms with Gasteiger partial charge < -0.3 is 20.4 Å². The Kier molecular flexibility index (Phi) is 7.56. The summed E-state index contributed by atoms with van der Waals surface area (Å²) < 4.78 is 0. The monoisotopic (exact) mass is 415 g/mol. The maximum atomic E-state index is 10.3. The Balaban J connectivity index is 0. The fraction of sp³-hybridized carbons (Fsp3) is 0.500. The predicted molar refractivity (Wildman–Crippen MR) is 37.1 cm³/mol. The molecule has 8 heteroatoms. The van der Waals surface area contributed by atoms with E-state index in [1.807, 2.05) is 0 Å². The van der Waals surface area contributed by atoms with E-state index in [-0.39, 0.29) is 49.9 Å².